The lowest BCUT2D eigenvalue weighted by Gasteiger charge is -2.45. The molecule has 3 aromatic rings. The predicted molar refractivity (Wildman–Crippen MR) is 101 cm³/mol. The van der Waals surface area contributed by atoms with Crippen LogP contribution in [0.2, 0.25) is 0 Å². The summed E-state index contributed by atoms with van der Waals surface area (Å²) in [6.07, 6.45) is -1.03. The Morgan fingerprint density at radius 3 is 1.85 bits per heavy atom. The Labute approximate surface area is 155 Å². The molecule has 0 aromatic heterocycles. The van der Waals surface area contributed by atoms with Gasteiger partial charge in [0.25, 0.3) is 11.8 Å². The van der Waals surface area contributed by atoms with Crippen molar-refractivity contribution in [2.45, 2.75) is 6.17 Å². The minimum atomic E-state index is -1.03. The highest BCUT2D eigenvalue weighted by Crippen LogP contribution is 2.39. The number of para-hydroxylation sites is 2. The molecule has 5 nitrogen and oxygen atoms in total. The van der Waals surface area contributed by atoms with Gasteiger partial charge in [0.2, 0.25) is 5.78 Å². The van der Waals surface area contributed by atoms with Crippen LogP contribution < -0.4 is 9.80 Å². The van der Waals surface area contributed by atoms with Crippen molar-refractivity contribution in [3.05, 3.63) is 95.6 Å². The molecule has 0 aliphatic carbocycles. The quantitative estimate of drug-likeness (QED) is 0.672. The van der Waals surface area contributed by atoms with Gasteiger partial charge in [0.05, 0.1) is 16.8 Å². The monoisotopic (exact) mass is 354 g/mol. The molecule has 0 radical (unpaired) electrons. The Balaban J connectivity index is 1.81. The number of hydrogen-bond donors (Lipinski definition) is 0. The summed E-state index contributed by atoms with van der Waals surface area (Å²) in [4.78, 5) is 42.8. The van der Waals surface area contributed by atoms with Crippen LogP contribution in [-0.4, -0.2) is 23.8 Å². The minimum absolute atomic E-state index is 0.267. The topological polar surface area (TPSA) is 57.7 Å². The highest BCUT2D eigenvalue weighted by Gasteiger charge is 2.49. The Morgan fingerprint density at radius 2 is 1.11 bits per heavy atom. The number of carbonyl (C=O) groups excluding carboxylic acids is 3. The summed E-state index contributed by atoms with van der Waals surface area (Å²) in [5, 5.41) is 0. The number of carbonyl (C=O) groups is 3. The van der Waals surface area contributed by atoms with E-state index in [2.05, 4.69) is 0 Å². The van der Waals surface area contributed by atoms with Gasteiger partial charge in [0.15, 0.2) is 6.17 Å². The molecule has 5 rings (SSSR count). The maximum absolute atomic E-state index is 13.3. The van der Waals surface area contributed by atoms with E-state index in [1.807, 2.05) is 6.07 Å². The summed E-state index contributed by atoms with van der Waals surface area (Å²) in [5.74, 6) is -0.841. The third-order valence-electron chi connectivity index (χ3n) is 5.01. The number of Topliss-reactive ketones (excluding diaryl/α,β-unsaturated/α-hetero) is 1. The molecule has 0 bridgehead atoms. The number of nitrogens with zero attached hydrogens (tertiary/aromatic N) is 2. The van der Waals surface area contributed by atoms with Gasteiger partial charge in [-0.25, -0.2) is 0 Å². The van der Waals surface area contributed by atoms with E-state index >= 15 is 0 Å². The summed E-state index contributed by atoms with van der Waals surface area (Å²) >= 11 is 0. The Morgan fingerprint density at radius 1 is 0.556 bits per heavy atom. The first-order valence-electron chi connectivity index (χ1n) is 8.63. The van der Waals surface area contributed by atoms with Crippen molar-refractivity contribution >= 4 is 29.0 Å². The van der Waals surface area contributed by atoms with Crippen LogP contribution in [0.25, 0.3) is 0 Å². The number of benzene rings is 3. The highest BCUT2D eigenvalue weighted by molar-refractivity contribution is 6.29. The maximum atomic E-state index is 13.3. The van der Waals surface area contributed by atoms with E-state index in [1.54, 1.807) is 72.8 Å². The number of hydrogen-bond acceptors (Lipinski definition) is 3. The smallest absolute Gasteiger partial charge is 0.262 e. The zero-order valence-corrected chi connectivity index (χ0v) is 14.2. The maximum Gasteiger partial charge on any atom is 0.262 e. The third kappa shape index (κ3) is 2.08. The molecule has 2 heterocycles. The van der Waals surface area contributed by atoms with E-state index in [-0.39, 0.29) is 17.6 Å². The molecule has 0 N–H and O–H groups in total. The second kappa shape index (κ2) is 5.64. The second-order valence-corrected chi connectivity index (χ2v) is 6.49. The van der Waals surface area contributed by atoms with Gasteiger partial charge in [-0.15, -0.1) is 0 Å². The Kier molecular flexibility index (Phi) is 3.24. The van der Waals surface area contributed by atoms with Gasteiger partial charge in [0, 0.05) is 11.3 Å². The van der Waals surface area contributed by atoms with Crippen molar-refractivity contribution in [3.63, 3.8) is 0 Å². The van der Waals surface area contributed by atoms with E-state index in [9.17, 15) is 14.4 Å². The lowest BCUT2D eigenvalue weighted by Crippen LogP contribution is -2.63. The molecule has 0 saturated heterocycles. The largest absolute Gasteiger partial charge is 0.290 e. The molecule has 0 saturated carbocycles. The van der Waals surface area contributed by atoms with Gasteiger partial charge < -0.3 is 0 Å². The fourth-order valence-corrected chi connectivity index (χ4v) is 3.81. The van der Waals surface area contributed by atoms with Crippen LogP contribution in [0.3, 0.4) is 0 Å². The van der Waals surface area contributed by atoms with Gasteiger partial charge in [-0.1, -0.05) is 48.5 Å². The van der Waals surface area contributed by atoms with Crippen LogP contribution in [-0.2, 0) is 0 Å². The molecule has 5 heteroatoms. The van der Waals surface area contributed by atoms with E-state index < -0.39 is 6.17 Å². The number of ketones is 1. The zero-order chi connectivity index (χ0) is 18.5. The molecule has 1 unspecified atom stereocenters. The van der Waals surface area contributed by atoms with Crippen LogP contribution in [0.15, 0.2) is 78.9 Å². The van der Waals surface area contributed by atoms with E-state index in [0.717, 1.165) is 0 Å². The average molecular weight is 354 g/mol. The first-order chi connectivity index (χ1) is 13.2. The van der Waals surface area contributed by atoms with Gasteiger partial charge in [-0.2, -0.15) is 0 Å². The fourth-order valence-electron chi connectivity index (χ4n) is 3.81. The van der Waals surface area contributed by atoms with Crippen LogP contribution >= 0.6 is 0 Å². The molecule has 0 spiro atoms. The minimum Gasteiger partial charge on any atom is -0.290 e. The summed E-state index contributed by atoms with van der Waals surface area (Å²) < 4.78 is 0. The Bertz CT molecular complexity index is 1110. The second-order valence-electron chi connectivity index (χ2n) is 6.49. The first kappa shape index (κ1) is 15.5. The average Bonchev–Trinajstić information content (AvgIpc) is 2.72. The number of fused-ring (bicyclic) bond motifs is 4. The zero-order valence-electron chi connectivity index (χ0n) is 14.2. The van der Waals surface area contributed by atoms with Crippen molar-refractivity contribution in [2.75, 3.05) is 9.80 Å². The summed E-state index contributed by atoms with van der Waals surface area (Å²) in [6, 6.07) is 22.6. The first-order valence-corrected chi connectivity index (χ1v) is 8.63. The number of rotatable bonds is 1. The third-order valence-corrected chi connectivity index (χ3v) is 5.01. The van der Waals surface area contributed by atoms with Crippen molar-refractivity contribution in [2.24, 2.45) is 0 Å². The standard InChI is InChI=1S/C22H14N2O3/c25-19-15-10-4-5-11-16(15)21(26)24-18-13-7-6-12-17(18)22(27)23(20(19)24)14-8-2-1-3-9-14/h1-13,20H. The van der Waals surface area contributed by atoms with E-state index in [0.29, 0.717) is 28.1 Å². The molecule has 27 heavy (non-hydrogen) atoms. The lowest BCUT2D eigenvalue weighted by molar-refractivity contribution is 0.0827. The van der Waals surface area contributed by atoms with Gasteiger partial charge in [-0.3, -0.25) is 24.2 Å². The summed E-state index contributed by atoms with van der Waals surface area (Å²) in [5.41, 5.74) is 2.14. The van der Waals surface area contributed by atoms with E-state index in [1.165, 1.54) is 9.80 Å². The van der Waals surface area contributed by atoms with Crippen molar-refractivity contribution in [1.29, 1.82) is 0 Å². The van der Waals surface area contributed by atoms with Crippen molar-refractivity contribution < 1.29 is 14.4 Å². The molecule has 130 valence electrons. The normalized spacial score (nSPS) is 18.1. The molecule has 2 amide bonds. The number of anilines is 2. The summed E-state index contributed by atoms with van der Waals surface area (Å²) in [6.45, 7) is 0. The van der Waals surface area contributed by atoms with Gasteiger partial charge in [-0.05, 0) is 30.3 Å². The molecule has 2 aliphatic heterocycles. The molecule has 2 aliphatic rings. The van der Waals surface area contributed by atoms with Gasteiger partial charge >= 0.3 is 0 Å². The van der Waals surface area contributed by atoms with Crippen LogP contribution in [0, 0.1) is 0 Å². The van der Waals surface area contributed by atoms with E-state index in [4.69, 9.17) is 0 Å². The van der Waals surface area contributed by atoms with Crippen molar-refractivity contribution in [1.82, 2.24) is 0 Å². The SMILES string of the molecule is O=C1c2ccccc2C(=O)N2c3ccccc3C(=O)N(c3ccccc3)C12. The van der Waals surface area contributed by atoms with Crippen LogP contribution in [0.4, 0.5) is 11.4 Å². The van der Waals surface area contributed by atoms with Crippen LogP contribution in [0.5, 0.6) is 0 Å². The Hall–Kier alpha value is -3.73. The molecule has 3 aromatic carbocycles. The summed E-state index contributed by atoms with van der Waals surface area (Å²) in [7, 11) is 0. The molecule has 0 fully saturated rings. The van der Waals surface area contributed by atoms with Gasteiger partial charge in [0.1, 0.15) is 0 Å². The molecular weight excluding hydrogens is 340 g/mol. The van der Waals surface area contributed by atoms with Crippen LogP contribution in [0.1, 0.15) is 31.1 Å². The highest BCUT2D eigenvalue weighted by atomic mass is 16.2. The number of amides is 2. The fraction of sp³-hybridized carbons (Fsp3) is 0.0455. The lowest BCUT2D eigenvalue weighted by atomic mass is 9.91. The molecular formula is C22H14N2O3. The van der Waals surface area contributed by atoms with Crippen molar-refractivity contribution in [3.8, 4) is 0 Å². The predicted octanol–water partition coefficient (Wildman–Crippen LogP) is 3.52. The molecule has 1 atom stereocenters.